The monoisotopic (exact) mass is 277 g/mol. The van der Waals surface area contributed by atoms with E-state index in [4.69, 9.17) is 4.74 Å². The lowest BCUT2D eigenvalue weighted by Crippen LogP contribution is -2.18. The molecule has 0 amide bonds. The molecule has 0 aromatic heterocycles. The average Bonchev–Trinajstić information content (AvgIpc) is 2.34. The molecule has 0 aliphatic heterocycles. The summed E-state index contributed by atoms with van der Waals surface area (Å²) in [4.78, 5) is 0. The van der Waals surface area contributed by atoms with Crippen LogP contribution in [0.3, 0.4) is 0 Å². The molecule has 1 rings (SSSR count). The number of ether oxygens (including phenoxy) is 2. The standard InChI is InChI=1S/C13H18F3NO2/c1-2-18-9-3-8-17-10-11-4-6-12(7-5-11)19-13(14,15)16/h4-7,17H,2-3,8-10H2,1H3. The van der Waals surface area contributed by atoms with Gasteiger partial charge in [0.15, 0.2) is 0 Å². The van der Waals surface area contributed by atoms with Crippen molar-refractivity contribution in [3.8, 4) is 5.75 Å². The van der Waals surface area contributed by atoms with Crippen LogP contribution in [-0.4, -0.2) is 26.1 Å². The van der Waals surface area contributed by atoms with Gasteiger partial charge in [0.1, 0.15) is 5.75 Å². The van der Waals surface area contributed by atoms with Crippen LogP contribution in [0.5, 0.6) is 5.75 Å². The van der Waals surface area contributed by atoms with Gasteiger partial charge in [-0.1, -0.05) is 12.1 Å². The molecule has 0 saturated carbocycles. The van der Waals surface area contributed by atoms with Crippen molar-refractivity contribution in [1.82, 2.24) is 5.32 Å². The Morgan fingerprint density at radius 1 is 1.16 bits per heavy atom. The SMILES string of the molecule is CCOCCCNCc1ccc(OC(F)(F)F)cc1. The molecule has 1 aromatic rings. The van der Waals surface area contributed by atoms with Gasteiger partial charge in [0.05, 0.1) is 0 Å². The Hall–Kier alpha value is -1.27. The van der Waals surface area contributed by atoms with Gasteiger partial charge < -0.3 is 14.8 Å². The van der Waals surface area contributed by atoms with Crippen LogP contribution in [0.1, 0.15) is 18.9 Å². The Bertz CT molecular complexity index is 352. The first-order chi connectivity index (χ1) is 9.01. The van der Waals surface area contributed by atoms with Crippen molar-refractivity contribution in [2.24, 2.45) is 0 Å². The largest absolute Gasteiger partial charge is 0.573 e. The lowest BCUT2D eigenvalue weighted by molar-refractivity contribution is -0.274. The molecule has 0 radical (unpaired) electrons. The van der Waals surface area contributed by atoms with Crippen molar-refractivity contribution in [2.75, 3.05) is 19.8 Å². The van der Waals surface area contributed by atoms with Crippen LogP contribution < -0.4 is 10.1 Å². The molecule has 0 unspecified atom stereocenters. The Kier molecular flexibility index (Phi) is 6.66. The number of rotatable bonds is 8. The first-order valence-corrected chi connectivity index (χ1v) is 6.14. The molecule has 1 N–H and O–H groups in total. The third kappa shape index (κ3) is 7.69. The number of alkyl halides is 3. The smallest absolute Gasteiger partial charge is 0.406 e. The van der Waals surface area contributed by atoms with Gasteiger partial charge in [-0.3, -0.25) is 0 Å². The van der Waals surface area contributed by atoms with Gasteiger partial charge in [0.25, 0.3) is 0 Å². The maximum Gasteiger partial charge on any atom is 0.573 e. The van der Waals surface area contributed by atoms with E-state index in [2.05, 4.69) is 10.1 Å². The van der Waals surface area contributed by atoms with Gasteiger partial charge in [-0.25, -0.2) is 0 Å². The predicted molar refractivity (Wildman–Crippen MR) is 65.9 cm³/mol. The highest BCUT2D eigenvalue weighted by atomic mass is 19.4. The number of hydrogen-bond donors (Lipinski definition) is 1. The lowest BCUT2D eigenvalue weighted by atomic mass is 10.2. The summed E-state index contributed by atoms with van der Waals surface area (Å²) < 4.78 is 44.8. The van der Waals surface area contributed by atoms with Crippen molar-refractivity contribution >= 4 is 0 Å². The van der Waals surface area contributed by atoms with Crippen molar-refractivity contribution < 1.29 is 22.6 Å². The molecule has 0 aliphatic rings. The number of halogens is 3. The second kappa shape index (κ2) is 8.01. The fraction of sp³-hybridized carbons (Fsp3) is 0.538. The zero-order valence-electron chi connectivity index (χ0n) is 10.8. The summed E-state index contributed by atoms with van der Waals surface area (Å²) in [5.74, 6) is -0.201. The van der Waals surface area contributed by atoms with Crippen LogP contribution in [0.25, 0.3) is 0 Å². The lowest BCUT2D eigenvalue weighted by Gasteiger charge is -2.09. The molecule has 1 aromatic carbocycles. The van der Waals surface area contributed by atoms with Crippen molar-refractivity contribution in [3.05, 3.63) is 29.8 Å². The fourth-order valence-corrected chi connectivity index (χ4v) is 1.49. The van der Waals surface area contributed by atoms with E-state index in [1.54, 1.807) is 12.1 Å². The minimum atomic E-state index is -4.64. The molecule has 0 heterocycles. The first-order valence-electron chi connectivity index (χ1n) is 6.14. The molecule has 0 aliphatic carbocycles. The molecule has 0 saturated heterocycles. The second-order valence-electron chi connectivity index (χ2n) is 3.92. The van der Waals surface area contributed by atoms with Gasteiger partial charge in [0.2, 0.25) is 0 Å². The van der Waals surface area contributed by atoms with Gasteiger partial charge in [-0.15, -0.1) is 13.2 Å². The summed E-state index contributed by atoms with van der Waals surface area (Å²) in [6, 6.07) is 5.84. The zero-order chi connectivity index (χ0) is 14.1. The van der Waals surface area contributed by atoms with Crippen molar-refractivity contribution in [3.63, 3.8) is 0 Å². The molecule has 6 heteroatoms. The van der Waals surface area contributed by atoms with Crippen LogP contribution in [0, 0.1) is 0 Å². The van der Waals surface area contributed by atoms with E-state index in [1.165, 1.54) is 12.1 Å². The quantitative estimate of drug-likeness (QED) is 0.741. The van der Waals surface area contributed by atoms with Crippen LogP contribution >= 0.6 is 0 Å². The summed E-state index contributed by atoms with van der Waals surface area (Å²) in [6.07, 6.45) is -3.73. The highest BCUT2D eigenvalue weighted by molar-refractivity contribution is 5.27. The number of benzene rings is 1. The molecular weight excluding hydrogens is 259 g/mol. The minimum absolute atomic E-state index is 0.201. The average molecular weight is 277 g/mol. The van der Waals surface area contributed by atoms with Gasteiger partial charge in [-0.05, 0) is 37.6 Å². The molecule has 108 valence electrons. The summed E-state index contributed by atoms with van der Waals surface area (Å²) in [5, 5.41) is 3.19. The summed E-state index contributed by atoms with van der Waals surface area (Å²) >= 11 is 0. The number of nitrogens with one attached hydrogen (secondary N) is 1. The van der Waals surface area contributed by atoms with Crippen LogP contribution in [-0.2, 0) is 11.3 Å². The molecule has 19 heavy (non-hydrogen) atoms. The molecule has 0 spiro atoms. The fourth-order valence-electron chi connectivity index (χ4n) is 1.49. The highest BCUT2D eigenvalue weighted by Crippen LogP contribution is 2.22. The van der Waals surface area contributed by atoms with E-state index in [9.17, 15) is 13.2 Å². The van der Waals surface area contributed by atoms with Crippen LogP contribution in [0.4, 0.5) is 13.2 Å². The highest BCUT2D eigenvalue weighted by Gasteiger charge is 2.30. The van der Waals surface area contributed by atoms with Gasteiger partial charge in [0, 0.05) is 19.8 Å². The normalized spacial score (nSPS) is 11.6. The van der Waals surface area contributed by atoms with Crippen LogP contribution in [0.2, 0.25) is 0 Å². The van der Waals surface area contributed by atoms with E-state index >= 15 is 0 Å². The van der Waals surface area contributed by atoms with Crippen molar-refractivity contribution in [2.45, 2.75) is 26.3 Å². The van der Waals surface area contributed by atoms with E-state index in [0.29, 0.717) is 19.8 Å². The Balaban J connectivity index is 2.25. The summed E-state index contributed by atoms with van der Waals surface area (Å²) in [6.45, 7) is 4.78. The Labute approximate surface area is 110 Å². The van der Waals surface area contributed by atoms with E-state index in [1.807, 2.05) is 6.92 Å². The first kappa shape index (κ1) is 15.8. The Morgan fingerprint density at radius 3 is 2.42 bits per heavy atom. The van der Waals surface area contributed by atoms with E-state index < -0.39 is 6.36 Å². The maximum absolute atomic E-state index is 11.9. The predicted octanol–water partition coefficient (Wildman–Crippen LogP) is 3.10. The van der Waals surface area contributed by atoms with Crippen LogP contribution in [0.15, 0.2) is 24.3 Å². The maximum atomic E-state index is 11.9. The third-order valence-electron chi connectivity index (χ3n) is 2.33. The molecule has 0 atom stereocenters. The van der Waals surface area contributed by atoms with Gasteiger partial charge in [-0.2, -0.15) is 0 Å². The number of hydrogen-bond acceptors (Lipinski definition) is 3. The second-order valence-corrected chi connectivity index (χ2v) is 3.92. The Morgan fingerprint density at radius 2 is 1.84 bits per heavy atom. The topological polar surface area (TPSA) is 30.5 Å². The molecule has 3 nitrogen and oxygen atoms in total. The minimum Gasteiger partial charge on any atom is -0.406 e. The zero-order valence-corrected chi connectivity index (χ0v) is 10.8. The van der Waals surface area contributed by atoms with E-state index in [0.717, 1.165) is 18.5 Å². The third-order valence-corrected chi connectivity index (χ3v) is 2.33. The van der Waals surface area contributed by atoms with E-state index in [-0.39, 0.29) is 5.75 Å². The molecule has 0 fully saturated rings. The summed E-state index contributed by atoms with van der Waals surface area (Å²) in [7, 11) is 0. The molecular formula is C13H18F3NO2. The molecule has 0 bridgehead atoms. The van der Waals surface area contributed by atoms with Gasteiger partial charge >= 0.3 is 6.36 Å². The summed E-state index contributed by atoms with van der Waals surface area (Å²) in [5.41, 5.74) is 0.908. The van der Waals surface area contributed by atoms with Crippen molar-refractivity contribution in [1.29, 1.82) is 0 Å².